The summed E-state index contributed by atoms with van der Waals surface area (Å²) in [6.07, 6.45) is 0.704. The van der Waals surface area contributed by atoms with Gasteiger partial charge in [0.25, 0.3) is 5.91 Å². The first-order valence-corrected chi connectivity index (χ1v) is 10.0. The average Bonchev–Trinajstić information content (AvgIpc) is 2.62. The van der Waals surface area contributed by atoms with Gasteiger partial charge < -0.3 is 10.1 Å². The topological polar surface area (TPSA) is 84.5 Å². The third kappa shape index (κ3) is 5.31. The van der Waals surface area contributed by atoms with Gasteiger partial charge in [0.2, 0.25) is 10.0 Å². The van der Waals surface area contributed by atoms with Crippen LogP contribution in [0.3, 0.4) is 0 Å². The summed E-state index contributed by atoms with van der Waals surface area (Å²) in [5.41, 5.74) is 1.01. The highest BCUT2D eigenvalue weighted by atomic mass is 32.2. The molecule has 0 fully saturated rings. The normalized spacial score (nSPS) is 12.4. The van der Waals surface area contributed by atoms with E-state index in [4.69, 9.17) is 4.74 Å². The Hall–Kier alpha value is -2.38. The lowest BCUT2D eigenvalue weighted by atomic mass is 10.2. The van der Waals surface area contributed by atoms with Gasteiger partial charge in [-0.05, 0) is 68.8 Å². The van der Waals surface area contributed by atoms with Gasteiger partial charge in [-0.2, -0.15) is 0 Å². The molecule has 2 aromatic rings. The van der Waals surface area contributed by atoms with E-state index in [1.54, 1.807) is 36.4 Å². The van der Waals surface area contributed by atoms with Gasteiger partial charge in [0.1, 0.15) is 5.75 Å². The predicted octanol–water partition coefficient (Wildman–Crippen LogP) is 3.41. The van der Waals surface area contributed by atoms with Crippen LogP contribution in [0.25, 0.3) is 0 Å². The monoisotopic (exact) mass is 376 g/mol. The van der Waals surface area contributed by atoms with E-state index in [-0.39, 0.29) is 16.8 Å². The Labute approximate surface area is 154 Å². The fourth-order valence-electron chi connectivity index (χ4n) is 2.21. The highest BCUT2D eigenvalue weighted by Crippen LogP contribution is 2.17. The molecule has 0 bridgehead atoms. The van der Waals surface area contributed by atoms with Crippen LogP contribution in [0, 0.1) is 0 Å². The molecule has 6 nitrogen and oxygen atoms in total. The molecule has 2 rings (SSSR count). The van der Waals surface area contributed by atoms with E-state index < -0.39 is 10.0 Å². The maximum Gasteiger partial charge on any atom is 0.255 e. The molecular weight excluding hydrogens is 352 g/mol. The van der Waals surface area contributed by atoms with E-state index in [2.05, 4.69) is 10.0 Å². The summed E-state index contributed by atoms with van der Waals surface area (Å²) in [6, 6.07) is 12.7. The lowest BCUT2D eigenvalue weighted by Crippen LogP contribution is -2.31. The molecule has 0 aliphatic heterocycles. The van der Waals surface area contributed by atoms with Gasteiger partial charge >= 0.3 is 0 Å². The smallest absolute Gasteiger partial charge is 0.255 e. The number of rotatable bonds is 8. The number of amides is 1. The SMILES string of the molecule is CCOc1ccc(C(=O)Nc2ccc(S(=O)(=O)NC(C)CC)cc2)cc1. The molecule has 0 saturated carbocycles. The maximum atomic E-state index is 12.3. The molecule has 26 heavy (non-hydrogen) atoms. The first-order valence-electron chi connectivity index (χ1n) is 8.52. The van der Waals surface area contributed by atoms with E-state index in [9.17, 15) is 13.2 Å². The molecule has 2 aromatic carbocycles. The summed E-state index contributed by atoms with van der Waals surface area (Å²) in [5.74, 6) is 0.425. The lowest BCUT2D eigenvalue weighted by Gasteiger charge is -2.12. The predicted molar refractivity (Wildman–Crippen MR) is 102 cm³/mol. The van der Waals surface area contributed by atoms with Crippen molar-refractivity contribution >= 4 is 21.6 Å². The number of ether oxygens (including phenoxy) is 1. The van der Waals surface area contributed by atoms with Crippen LogP contribution in [0.1, 0.15) is 37.6 Å². The standard InChI is InChI=1S/C19H24N2O4S/c1-4-14(3)21-26(23,24)18-12-8-16(9-13-18)20-19(22)15-6-10-17(11-7-15)25-5-2/h6-14,21H,4-5H2,1-3H3,(H,20,22). The molecule has 0 aliphatic carbocycles. The number of benzene rings is 2. The summed E-state index contributed by atoms with van der Waals surface area (Å²) in [7, 11) is -3.56. The van der Waals surface area contributed by atoms with Gasteiger partial charge in [0, 0.05) is 17.3 Å². The van der Waals surface area contributed by atoms with Crippen LogP contribution in [-0.2, 0) is 10.0 Å². The minimum absolute atomic E-state index is 0.140. The third-order valence-corrected chi connectivity index (χ3v) is 5.42. The van der Waals surface area contributed by atoms with Crippen LogP contribution in [0.15, 0.2) is 53.4 Å². The van der Waals surface area contributed by atoms with Gasteiger partial charge in [-0.3, -0.25) is 4.79 Å². The summed E-state index contributed by atoms with van der Waals surface area (Å²) < 4.78 is 32.4. The molecule has 0 aromatic heterocycles. The fraction of sp³-hybridized carbons (Fsp3) is 0.316. The van der Waals surface area contributed by atoms with E-state index >= 15 is 0 Å². The molecule has 140 valence electrons. The van der Waals surface area contributed by atoms with E-state index in [1.165, 1.54) is 12.1 Å². The summed E-state index contributed by atoms with van der Waals surface area (Å²) in [6.45, 7) is 6.17. The molecule has 0 radical (unpaired) electrons. The Bertz CT molecular complexity index is 831. The van der Waals surface area contributed by atoms with Gasteiger partial charge in [0.05, 0.1) is 11.5 Å². The second kappa shape index (κ2) is 8.82. The minimum Gasteiger partial charge on any atom is -0.494 e. The lowest BCUT2D eigenvalue weighted by molar-refractivity contribution is 0.102. The second-order valence-electron chi connectivity index (χ2n) is 5.87. The first-order chi connectivity index (χ1) is 12.4. The van der Waals surface area contributed by atoms with E-state index in [1.807, 2.05) is 20.8 Å². The highest BCUT2D eigenvalue weighted by Gasteiger charge is 2.16. The molecule has 0 heterocycles. The molecule has 1 atom stereocenters. The second-order valence-corrected chi connectivity index (χ2v) is 7.58. The highest BCUT2D eigenvalue weighted by molar-refractivity contribution is 7.89. The van der Waals surface area contributed by atoms with Gasteiger partial charge in [-0.1, -0.05) is 6.92 Å². The van der Waals surface area contributed by atoms with E-state index in [0.29, 0.717) is 30.0 Å². The van der Waals surface area contributed by atoms with Crippen molar-refractivity contribution in [3.8, 4) is 5.75 Å². The number of anilines is 1. The van der Waals surface area contributed by atoms with Crippen LogP contribution in [0.2, 0.25) is 0 Å². The van der Waals surface area contributed by atoms with Crippen LogP contribution in [0.4, 0.5) is 5.69 Å². The summed E-state index contributed by atoms with van der Waals surface area (Å²) in [5, 5.41) is 2.75. The third-order valence-electron chi connectivity index (χ3n) is 3.82. The summed E-state index contributed by atoms with van der Waals surface area (Å²) >= 11 is 0. The van der Waals surface area contributed by atoms with Crippen molar-refractivity contribution in [1.29, 1.82) is 0 Å². The number of carbonyl (C=O) groups is 1. The average molecular weight is 376 g/mol. The van der Waals surface area contributed by atoms with Crippen molar-refractivity contribution in [2.45, 2.75) is 38.1 Å². The number of carbonyl (C=O) groups excluding carboxylic acids is 1. The zero-order chi connectivity index (χ0) is 19.2. The zero-order valence-electron chi connectivity index (χ0n) is 15.2. The first kappa shape index (κ1) is 19.9. The Kier molecular flexibility index (Phi) is 6.76. The molecule has 1 amide bonds. The molecular formula is C19H24N2O4S. The number of nitrogens with one attached hydrogen (secondary N) is 2. The Balaban J connectivity index is 2.05. The van der Waals surface area contributed by atoms with Gasteiger partial charge in [-0.15, -0.1) is 0 Å². The quantitative estimate of drug-likeness (QED) is 0.739. The van der Waals surface area contributed by atoms with Crippen molar-refractivity contribution in [3.05, 3.63) is 54.1 Å². The van der Waals surface area contributed by atoms with Crippen molar-refractivity contribution < 1.29 is 17.9 Å². The van der Waals surface area contributed by atoms with Crippen molar-refractivity contribution in [3.63, 3.8) is 0 Å². The van der Waals surface area contributed by atoms with Crippen LogP contribution >= 0.6 is 0 Å². The zero-order valence-corrected chi connectivity index (χ0v) is 16.0. The Morgan fingerprint density at radius 2 is 1.65 bits per heavy atom. The number of hydrogen-bond acceptors (Lipinski definition) is 4. The molecule has 0 spiro atoms. The van der Waals surface area contributed by atoms with Crippen molar-refractivity contribution in [2.24, 2.45) is 0 Å². The molecule has 0 saturated heterocycles. The number of sulfonamides is 1. The van der Waals surface area contributed by atoms with Gasteiger partial charge in [0.15, 0.2) is 0 Å². The van der Waals surface area contributed by atoms with Crippen LogP contribution in [-0.4, -0.2) is 27.0 Å². The molecule has 0 aliphatic rings. The Morgan fingerprint density at radius 3 is 2.19 bits per heavy atom. The van der Waals surface area contributed by atoms with Crippen molar-refractivity contribution in [1.82, 2.24) is 4.72 Å². The Morgan fingerprint density at radius 1 is 1.04 bits per heavy atom. The minimum atomic E-state index is -3.56. The molecule has 2 N–H and O–H groups in total. The van der Waals surface area contributed by atoms with Crippen LogP contribution in [0.5, 0.6) is 5.75 Å². The molecule has 7 heteroatoms. The van der Waals surface area contributed by atoms with E-state index in [0.717, 1.165) is 0 Å². The summed E-state index contributed by atoms with van der Waals surface area (Å²) in [4.78, 5) is 12.4. The van der Waals surface area contributed by atoms with Crippen LogP contribution < -0.4 is 14.8 Å². The largest absolute Gasteiger partial charge is 0.494 e. The maximum absolute atomic E-state index is 12.3. The number of hydrogen-bond donors (Lipinski definition) is 2. The van der Waals surface area contributed by atoms with Gasteiger partial charge in [-0.25, -0.2) is 13.1 Å². The fourth-order valence-corrected chi connectivity index (χ4v) is 3.53. The molecule has 1 unspecified atom stereocenters. The van der Waals surface area contributed by atoms with Crippen molar-refractivity contribution in [2.75, 3.05) is 11.9 Å².